The van der Waals surface area contributed by atoms with Crippen LogP contribution < -0.4 is 5.32 Å². The van der Waals surface area contributed by atoms with Gasteiger partial charge in [0.2, 0.25) is 0 Å². The first-order valence-corrected chi connectivity index (χ1v) is 9.76. The van der Waals surface area contributed by atoms with Crippen LogP contribution in [-0.2, 0) is 0 Å². The Hall–Kier alpha value is -1.81. The summed E-state index contributed by atoms with van der Waals surface area (Å²) >= 11 is 0. The predicted molar refractivity (Wildman–Crippen MR) is 103 cm³/mol. The fourth-order valence-corrected chi connectivity index (χ4v) is 3.84. The summed E-state index contributed by atoms with van der Waals surface area (Å²) in [5.41, 5.74) is 2.63. The van der Waals surface area contributed by atoms with Crippen LogP contribution in [0, 0.1) is 5.92 Å². The van der Waals surface area contributed by atoms with Crippen LogP contribution in [0.15, 0.2) is 36.4 Å². The summed E-state index contributed by atoms with van der Waals surface area (Å²) in [5, 5.41) is 3.16. The van der Waals surface area contributed by atoms with E-state index in [0.717, 1.165) is 19.5 Å². The second kappa shape index (κ2) is 9.04. The standard InChI is InChI=1S/C21H31N3O/c1-2-12-23-13-8-18(9-14-23)17-22-21(25)24-15-10-20(11-16-24)19-6-4-3-5-7-19/h3-7,10,18H,2,8-9,11-17H2,1H3,(H,22,25). The molecule has 0 bridgehead atoms. The van der Waals surface area contributed by atoms with Gasteiger partial charge in [-0.3, -0.25) is 0 Å². The quantitative estimate of drug-likeness (QED) is 0.888. The molecule has 136 valence electrons. The van der Waals surface area contributed by atoms with Gasteiger partial charge < -0.3 is 15.1 Å². The monoisotopic (exact) mass is 341 g/mol. The third-order valence-electron chi connectivity index (χ3n) is 5.43. The van der Waals surface area contributed by atoms with Gasteiger partial charge in [-0.05, 0) is 62.4 Å². The average Bonchev–Trinajstić information content (AvgIpc) is 2.68. The van der Waals surface area contributed by atoms with E-state index < -0.39 is 0 Å². The van der Waals surface area contributed by atoms with Gasteiger partial charge >= 0.3 is 6.03 Å². The predicted octanol–water partition coefficient (Wildman–Crippen LogP) is 3.61. The maximum atomic E-state index is 12.4. The van der Waals surface area contributed by atoms with Gasteiger partial charge in [0, 0.05) is 19.6 Å². The lowest BCUT2D eigenvalue weighted by Crippen LogP contribution is -2.45. The molecule has 0 spiro atoms. The molecule has 2 aliphatic heterocycles. The summed E-state index contributed by atoms with van der Waals surface area (Å²) in [6.45, 7) is 8.16. The smallest absolute Gasteiger partial charge is 0.317 e. The molecule has 2 heterocycles. The summed E-state index contributed by atoms with van der Waals surface area (Å²) in [4.78, 5) is 16.9. The van der Waals surface area contributed by atoms with Crippen molar-refractivity contribution < 1.29 is 4.79 Å². The normalized spacial score (nSPS) is 19.6. The summed E-state index contributed by atoms with van der Waals surface area (Å²) in [5.74, 6) is 0.636. The molecule has 1 fully saturated rings. The molecule has 4 heteroatoms. The lowest BCUT2D eigenvalue weighted by Gasteiger charge is -2.32. The van der Waals surface area contributed by atoms with E-state index in [1.54, 1.807) is 0 Å². The Morgan fingerprint density at radius 2 is 1.92 bits per heavy atom. The van der Waals surface area contributed by atoms with Crippen molar-refractivity contribution >= 4 is 11.6 Å². The van der Waals surface area contributed by atoms with Gasteiger partial charge in [-0.15, -0.1) is 0 Å². The molecular weight excluding hydrogens is 310 g/mol. The van der Waals surface area contributed by atoms with Gasteiger partial charge in [-0.25, -0.2) is 4.79 Å². The van der Waals surface area contributed by atoms with Gasteiger partial charge in [0.15, 0.2) is 0 Å². The number of amides is 2. The van der Waals surface area contributed by atoms with Crippen LogP contribution in [0.4, 0.5) is 4.79 Å². The molecule has 2 amide bonds. The Morgan fingerprint density at radius 3 is 2.56 bits per heavy atom. The zero-order chi connectivity index (χ0) is 17.5. The van der Waals surface area contributed by atoms with Crippen molar-refractivity contribution in [3.05, 3.63) is 42.0 Å². The van der Waals surface area contributed by atoms with E-state index in [1.807, 2.05) is 11.0 Å². The van der Waals surface area contributed by atoms with Crippen LogP contribution >= 0.6 is 0 Å². The van der Waals surface area contributed by atoms with Crippen molar-refractivity contribution in [1.29, 1.82) is 0 Å². The number of hydrogen-bond donors (Lipinski definition) is 1. The minimum Gasteiger partial charge on any atom is -0.338 e. The minimum absolute atomic E-state index is 0.0966. The highest BCUT2D eigenvalue weighted by Crippen LogP contribution is 2.22. The molecule has 4 nitrogen and oxygen atoms in total. The first-order valence-electron chi connectivity index (χ1n) is 9.76. The molecule has 1 aromatic rings. The summed E-state index contributed by atoms with van der Waals surface area (Å²) in [6, 6.07) is 10.6. The third-order valence-corrected chi connectivity index (χ3v) is 5.43. The van der Waals surface area contributed by atoms with Crippen LogP contribution in [0.3, 0.4) is 0 Å². The lowest BCUT2D eigenvalue weighted by molar-refractivity contribution is 0.174. The Labute approximate surface area is 151 Å². The van der Waals surface area contributed by atoms with Crippen molar-refractivity contribution in [1.82, 2.24) is 15.1 Å². The first-order chi connectivity index (χ1) is 12.3. The first kappa shape index (κ1) is 18.0. The number of likely N-dealkylation sites (tertiary alicyclic amines) is 1. The fourth-order valence-electron chi connectivity index (χ4n) is 3.84. The van der Waals surface area contributed by atoms with E-state index >= 15 is 0 Å². The van der Waals surface area contributed by atoms with Crippen LogP contribution in [0.1, 0.15) is 38.2 Å². The molecule has 1 saturated heterocycles. The van der Waals surface area contributed by atoms with Crippen LogP contribution in [0.2, 0.25) is 0 Å². The van der Waals surface area contributed by atoms with E-state index in [2.05, 4.69) is 47.5 Å². The Morgan fingerprint density at radius 1 is 1.16 bits per heavy atom. The summed E-state index contributed by atoms with van der Waals surface area (Å²) in [7, 11) is 0. The maximum absolute atomic E-state index is 12.4. The fraction of sp³-hybridized carbons (Fsp3) is 0.571. The second-order valence-corrected chi connectivity index (χ2v) is 7.26. The highest BCUT2D eigenvalue weighted by atomic mass is 16.2. The van der Waals surface area contributed by atoms with Crippen LogP contribution in [0.5, 0.6) is 0 Å². The zero-order valence-electron chi connectivity index (χ0n) is 15.4. The second-order valence-electron chi connectivity index (χ2n) is 7.26. The Balaban J connectivity index is 1.41. The SMILES string of the molecule is CCCN1CCC(CNC(=O)N2CC=C(c3ccccc3)CC2)CC1. The van der Waals surface area contributed by atoms with Crippen molar-refractivity contribution in [2.75, 3.05) is 39.3 Å². The third kappa shape index (κ3) is 5.08. The number of hydrogen-bond acceptors (Lipinski definition) is 2. The minimum atomic E-state index is 0.0966. The molecular formula is C21H31N3O. The van der Waals surface area contributed by atoms with E-state index in [1.165, 1.54) is 50.0 Å². The largest absolute Gasteiger partial charge is 0.338 e. The van der Waals surface area contributed by atoms with Gasteiger partial charge in [-0.1, -0.05) is 43.3 Å². The molecule has 3 rings (SSSR count). The van der Waals surface area contributed by atoms with Crippen molar-refractivity contribution in [2.45, 2.75) is 32.6 Å². The van der Waals surface area contributed by atoms with Crippen molar-refractivity contribution in [3.8, 4) is 0 Å². The van der Waals surface area contributed by atoms with E-state index in [9.17, 15) is 4.79 Å². The molecule has 1 N–H and O–H groups in total. The number of rotatable bonds is 5. The van der Waals surface area contributed by atoms with Crippen molar-refractivity contribution in [3.63, 3.8) is 0 Å². The lowest BCUT2D eigenvalue weighted by atomic mass is 9.96. The summed E-state index contributed by atoms with van der Waals surface area (Å²) in [6.07, 6.45) is 6.78. The number of benzene rings is 1. The van der Waals surface area contributed by atoms with Gasteiger partial charge in [0.1, 0.15) is 0 Å². The molecule has 0 aromatic heterocycles. The molecule has 0 unspecified atom stereocenters. The molecule has 0 saturated carbocycles. The van der Waals surface area contributed by atoms with Gasteiger partial charge in [0.25, 0.3) is 0 Å². The van der Waals surface area contributed by atoms with Crippen LogP contribution in [0.25, 0.3) is 5.57 Å². The molecule has 0 radical (unpaired) electrons. The summed E-state index contributed by atoms with van der Waals surface area (Å²) < 4.78 is 0. The van der Waals surface area contributed by atoms with E-state index in [-0.39, 0.29) is 6.03 Å². The number of urea groups is 1. The van der Waals surface area contributed by atoms with Gasteiger partial charge in [0.05, 0.1) is 0 Å². The zero-order valence-corrected chi connectivity index (χ0v) is 15.4. The molecule has 0 atom stereocenters. The Bertz CT molecular complexity index is 576. The molecule has 2 aliphatic rings. The van der Waals surface area contributed by atoms with Gasteiger partial charge in [-0.2, -0.15) is 0 Å². The number of nitrogens with zero attached hydrogens (tertiary/aromatic N) is 2. The van der Waals surface area contributed by atoms with Crippen molar-refractivity contribution in [2.24, 2.45) is 5.92 Å². The highest BCUT2D eigenvalue weighted by Gasteiger charge is 2.21. The topological polar surface area (TPSA) is 35.6 Å². The van der Waals surface area contributed by atoms with Crippen LogP contribution in [-0.4, -0.2) is 55.1 Å². The number of carbonyl (C=O) groups excluding carboxylic acids is 1. The average molecular weight is 341 g/mol. The molecule has 1 aromatic carbocycles. The highest BCUT2D eigenvalue weighted by molar-refractivity contribution is 5.76. The maximum Gasteiger partial charge on any atom is 0.317 e. The number of piperidine rings is 1. The Kier molecular flexibility index (Phi) is 6.51. The van der Waals surface area contributed by atoms with E-state index in [0.29, 0.717) is 12.5 Å². The number of nitrogens with one attached hydrogen (secondary N) is 1. The molecule has 0 aliphatic carbocycles. The van der Waals surface area contributed by atoms with E-state index in [4.69, 9.17) is 0 Å². The number of carbonyl (C=O) groups is 1. The molecule has 25 heavy (non-hydrogen) atoms.